The van der Waals surface area contributed by atoms with E-state index in [1.165, 1.54) is 6.33 Å². The molecule has 6 N–H and O–H groups in total. The van der Waals surface area contributed by atoms with Gasteiger partial charge in [0.25, 0.3) is 5.56 Å². The van der Waals surface area contributed by atoms with Gasteiger partial charge in [0.15, 0.2) is 17.2 Å². The van der Waals surface area contributed by atoms with Crippen molar-refractivity contribution in [2.24, 2.45) is 5.92 Å². The van der Waals surface area contributed by atoms with E-state index >= 15 is 0 Å². The number of benzene rings is 1. The molecule has 4 aromatic rings. The van der Waals surface area contributed by atoms with Crippen LogP contribution in [-0.4, -0.2) is 35.6 Å². The summed E-state index contributed by atoms with van der Waals surface area (Å²) in [6, 6.07) is 7.11. The summed E-state index contributed by atoms with van der Waals surface area (Å²) < 4.78 is 1.60. The number of carbonyl (C=O) groups is 1. The van der Waals surface area contributed by atoms with E-state index in [0.29, 0.717) is 48.2 Å². The summed E-state index contributed by atoms with van der Waals surface area (Å²) >= 11 is 0. The molecule has 0 unspecified atom stereocenters. The average molecular weight is 419 g/mol. The third kappa shape index (κ3) is 3.16. The first kappa shape index (κ1) is 19.0. The van der Waals surface area contributed by atoms with Gasteiger partial charge in [-0.2, -0.15) is 0 Å². The van der Waals surface area contributed by atoms with Crippen molar-refractivity contribution in [3.05, 3.63) is 40.9 Å². The van der Waals surface area contributed by atoms with E-state index < -0.39 is 11.9 Å². The molecule has 1 aliphatic rings. The molecule has 5 rings (SSSR count). The van der Waals surface area contributed by atoms with E-state index in [-0.39, 0.29) is 23.1 Å². The molecule has 10 heteroatoms. The SMILES string of the molecule is Nc1ccc2cc(-c3nc4c(N)ncnc4n(C4CCC(C(=O)O)CC4)c3=O)[nH]c2c1. The number of fused-ring (bicyclic) bond motifs is 2. The Hall–Kier alpha value is -3.95. The van der Waals surface area contributed by atoms with Crippen LogP contribution in [0.3, 0.4) is 0 Å². The largest absolute Gasteiger partial charge is 0.481 e. The maximum atomic E-state index is 13.6. The molecule has 0 atom stereocenters. The Kier molecular flexibility index (Phi) is 4.35. The molecule has 0 spiro atoms. The maximum absolute atomic E-state index is 13.6. The van der Waals surface area contributed by atoms with Gasteiger partial charge in [-0.05, 0) is 43.9 Å². The lowest BCUT2D eigenvalue weighted by Crippen LogP contribution is -2.32. The summed E-state index contributed by atoms with van der Waals surface area (Å²) in [7, 11) is 0. The number of nitrogen functional groups attached to an aromatic ring is 2. The fourth-order valence-electron chi connectivity index (χ4n) is 4.40. The van der Waals surface area contributed by atoms with Crippen LogP contribution in [0, 0.1) is 5.92 Å². The smallest absolute Gasteiger partial charge is 0.306 e. The highest BCUT2D eigenvalue weighted by molar-refractivity contribution is 5.89. The van der Waals surface area contributed by atoms with Crippen LogP contribution in [0.2, 0.25) is 0 Å². The molecule has 1 saturated carbocycles. The number of carboxylic acid groups (broad SMARTS) is 1. The molecule has 10 nitrogen and oxygen atoms in total. The molecular formula is C21H21N7O3. The average Bonchev–Trinajstić information content (AvgIpc) is 3.16. The summed E-state index contributed by atoms with van der Waals surface area (Å²) in [6.45, 7) is 0. The van der Waals surface area contributed by atoms with Crippen molar-refractivity contribution in [3.63, 3.8) is 0 Å². The van der Waals surface area contributed by atoms with Crippen LogP contribution in [0.4, 0.5) is 11.5 Å². The standard InChI is InChI=1S/C21H21N7O3/c22-12-4-1-11-7-15(26-14(11)8-12)16-20(29)28(13-5-2-10(3-6-13)21(30)31)19-17(27-16)18(23)24-9-25-19/h1,4,7-10,13,26H,2-3,5-6,22H2,(H,30,31)(H2,23,24,25). The van der Waals surface area contributed by atoms with Crippen molar-refractivity contribution in [2.75, 3.05) is 11.5 Å². The van der Waals surface area contributed by atoms with Crippen LogP contribution in [0.15, 0.2) is 35.4 Å². The Morgan fingerprint density at radius 1 is 1.13 bits per heavy atom. The normalized spacial score (nSPS) is 19.1. The van der Waals surface area contributed by atoms with E-state index in [1.54, 1.807) is 16.7 Å². The van der Waals surface area contributed by atoms with Gasteiger partial charge < -0.3 is 21.6 Å². The zero-order valence-corrected chi connectivity index (χ0v) is 16.6. The van der Waals surface area contributed by atoms with Gasteiger partial charge >= 0.3 is 5.97 Å². The predicted octanol–water partition coefficient (Wildman–Crippen LogP) is 2.32. The second-order valence-corrected chi connectivity index (χ2v) is 7.94. The Balaban J connectivity index is 1.69. The number of nitrogens with one attached hydrogen (secondary N) is 1. The number of nitrogens with zero attached hydrogens (tertiary/aromatic N) is 4. The monoisotopic (exact) mass is 419 g/mol. The second kappa shape index (κ2) is 7.08. The topological polar surface area (TPSA) is 166 Å². The lowest BCUT2D eigenvalue weighted by Gasteiger charge is -2.28. The van der Waals surface area contributed by atoms with Crippen LogP contribution in [-0.2, 0) is 4.79 Å². The van der Waals surface area contributed by atoms with Gasteiger partial charge in [-0.3, -0.25) is 14.2 Å². The third-order valence-electron chi connectivity index (χ3n) is 6.02. The van der Waals surface area contributed by atoms with Gasteiger partial charge in [0, 0.05) is 22.6 Å². The van der Waals surface area contributed by atoms with Gasteiger partial charge in [-0.15, -0.1) is 0 Å². The first-order valence-corrected chi connectivity index (χ1v) is 10.1. The van der Waals surface area contributed by atoms with Crippen LogP contribution >= 0.6 is 0 Å². The van der Waals surface area contributed by atoms with E-state index in [9.17, 15) is 14.7 Å². The number of aliphatic carboxylic acids is 1. The molecule has 0 amide bonds. The first-order valence-electron chi connectivity index (χ1n) is 10.1. The Bertz CT molecular complexity index is 1380. The van der Waals surface area contributed by atoms with Gasteiger partial charge in [-0.1, -0.05) is 6.07 Å². The van der Waals surface area contributed by atoms with E-state index in [0.717, 1.165) is 10.9 Å². The molecule has 0 radical (unpaired) electrons. The van der Waals surface area contributed by atoms with Gasteiger partial charge in [-0.25, -0.2) is 15.0 Å². The van der Waals surface area contributed by atoms with Gasteiger partial charge in [0.2, 0.25) is 0 Å². The molecular weight excluding hydrogens is 398 g/mol. The molecule has 1 aromatic carbocycles. The van der Waals surface area contributed by atoms with E-state index in [4.69, 9.17) is 11.5 Å². The molecule has 1 aliphatic carbocycles. The van der Waals surface area contributed by atoms with Crippen LogP contribution in [0.5, 0.6) is 0 Å². The molecule has 3 aromatic heterocycles. The van der Waals surface area contributed by atoms with Gasteiger partial charge in [0.05, 0.1) is 11.6 Å². The van der Waals surface area contributed by atoms with E-state index in [1.807, 2.05) is 12.1 Å². The minimum absolute atomic E-state index is 0.180. The van der Waals surface area contributed by atoms with Crippen LogP contribution in [0.25, 0.3) is 33.5 Å². The van der Waals surface area contributed by atoms with E-state index in [2.05, 4.69) is 19.9 Å². The molecule has 0 saturated heterocycles. The van der Waals surface area contributed by atoms with Crippen molar-refractivity contribution in [1.82, 2.24) is 24.5 Å². The number of nitrogens with two attached hydrogens (primary N) is 2. The Morgan fingerprint density at radius 3 is 2.65 bits per heavy atom. The number of rotatable bonds is 3. The Morgan fingerprint density at radius 2 is 1.90 bits per heavy atom. The van der Waals surface area contributed by atoms with Crippen LogP contribution < -0.4 is 17.0 Å². The lowest BCUT2D eigenvalue weighted by atomic mass is 9.86. The zero-order valence-electron chi connectivity index (χ0n) is 16.6. The minimum atomic E-state index is -0.796. The number of aromatic nitrogens is 5. The molecule has 0 aliphatic heterocycles. The number of anilines is 2. The molecule has 0 bridgehead atoms. The van der Waals surface area contributed by atoms with Gasteiger partial charge in [0.1, 0.15) is 11.8 Å². The lowest BCUT2D eigenvalue weighted by molar-refractivity contribution is -0.143. The summed E-state index contributed by atoms with van der Waals surface area (Å²) in [4.78, 5) is 41.0. The quantitative estimate of drug-likeness (QED) is 0.367. The highest BCUT2D eigenvalue weighted by atomic mass is 16.4. The Labute approximate surface area is 175 Å². The maximum Gasteiger partial charge on any atom is 0.306 e. The zero-order chi connectivity index (χ0) is 21.7. The van der Waals surface area contributed by atoms with Crippen molar-refractivity contribution in [3.8, 4) is 11.4 Å². The summed E-state index contributed by atoms with van der Waals surface area (Å²) in [6.07, 6.45) is 3.42. The fraction of sp³-hybridized carbons (Fsp3) is 0.286. The van der Waals surface area contributed by atoms with Crippen molar-refractivity contribution >= 4 is 39.5 Å². The molecule has 31 heavy (non-hydrogen) atoms. The summed E-state index contributed by atoms with van der Waals surface area (Å²) in [5, 5.41) is 10.2. The highest BCUT2D eigenvalue weighted by Gasteiger charge is 2.30. The number of carboxylic acids is 1. The number of H-pyrrole nitrogens is 1. The van der Waals surface area contributed by atoms with Crippen molar-refractivity contribution < 1.29 is 9.90 Å². The third-order valence-corrected chi connectivity index (χ3v) is 6.02. The molecule has 1 fully saturated rings. The fourth-order valence-corrected chi connectivity index (χ4v) is 4.40. The highest BCUT2D eigenvalue weighted by Crippen LogP contribution is 2.34. The van der Waals surface area contributed by atoms with Crippen LogP contribution in [0.1, 0.15) is 31.7 Å². The van der Waals surface area contributed by atoms with Crippen molar-refractivity contribution in [2.45, 2.75) is 31.7 Å². The molecule has 3 heterocycles. The second-order valence-electron chi connectivity index (χ2n) is 7.94. The predicted molar refractivity (Wildman–Crippen MR) is 116 cm³/mol. The van der Waals surface area contributed by atoms with Crippen molar-refractivity contribution in [1.29, 1.82) is 0 Å². The summed E-state index contributed by atoms with van der Waals surface area (Å²) in [5.74, 6) is -1.01. The minimum Gasteiger partial charge on any atom is -0.481 e. The number of hydrogen-bond donors (Lipinski definition) is 4. The number of aromatic amines is 1. The summed E-state index contributed by atoms with van der Waals surface area (Å²) in [5.41, 5.74) is 14.5. The number of hydrogen-bond acceptors (Lipinski definition) is 7. The first-order chi connectivity index (χ1) is 14.9. The molecule has 158 valence electrons.